The molecule has 0 amide bonds. The third-order valence-electron chi connectivity index (χ3n) is 4.22. The minimum Gasteiger partial charge on any atom is -0.358 e. The second-order valence-electron chi connectivity index (χ2n) is 5.81. The van der Waals surface area contributed by atoms with Gasteiger partial charge in [-0.3, -0.25) is 4.79 Å². The molecule has 0 atom stereocenters. The zero-order chi connectivity index (χ0) is 17.4. The van der Waals surface area contributed by atoms with E-state index in [1.807, 2.05) is 37.3 Å². The Bertz CT molecular complexity index is 1240. The summed E-state index contributed by atoms with van der Waals surface area (Å²) in [5.41, 5.74) is 3.51. The van der Waals surface area contributed by atoms with Crippen molar-refractivity contribution >= 4 is 33.5 Å². The average molecular weight is 326 g/mol. The van der Waals surface area contributed by atoms with Crippen molar-refractivity contribution in [1.82, 2.24) is 15.0 Å². The fourth-order valence-corrected chi connectivity index (χ4v) is 3.00. The van der Waals surface area contributed by atoms with Crippen LogP contribution in [-0.2, 0) is 0 Å². The first-order chi connectivity index (χ1) is 12.2. The van der Waals surface area contributed by atoms with Crippen molar-refractivity contribution in [3.8, 4) is 6.07 Å². The summed E-state index contributed by atoms with van der Waals surface area (Å²) < 4.78 is 0. The minimum atomic E-state index is -0.252. The van der Waals surface area contributed by atoms with Gasteiger partial charge in [0.25, 0.3) is 5.56 Å². The van der Waals surface area contributed by atoms with Crippen LogP contribution in [0.15, 0.2) is 53.3 Å². The molecule has 0 aliphatic heterocycles. The molecule has 2 aromatic carbocycles. The standard InChI is InChI=1S/C20H14N4O/c1-12-16(14-6-2-4-8-17(14)22-12)10-13(11-21)19-23-18-9-5-3-7-15(18)20(25)24-19/h2-10,22H,1H3,(H,23,24,25)/b13-10+. The highest BCUT2D eigenvalue weighted by Gasteiger charge is 2.11. The first-order valence-electron chi connectivity index (χ1n) is 7.86. The second-order valence-corrected chi connectivity index (χ2v) is 5.81. The van der Waals surface area contributed by atoms with Crippen LogP contribution in [0, 0.1) is 18.3 Å². The molecule has 0 bridgehead atoms. The van der Waals surface area contributed by atoms with E-state index in [0.29, 0.717) is 16.5 Å². The maximum absolute atomic E-state index is 12.3. The lowest BCUT2D eigenvalue weighted by Crippen LogP contribution is -2.11. The first kappa shape index (κ1) is 14.9. The van der Waals surface area contributed by atoms with Crippen molar-refractivity contribution in [2.45, 2.75) is 6.92 Å². The molecule has 0 unspecified atom stereocenters. The summed E-state index contributed by atoms with van der Waals surface area (Å²) >= 11 is 0. The van der Waals surface area contributed by atoms with Crippen LogP contribution < -0.4 is 5.56 Å². The highest BCUT2D eigenvalue weighted by Crippen LogP contribution is 2.26. The predicted octanol–water partition coefficient (Wildman–Crippen LogP) is 3.78. The molecule has 0 aliphatic carbocycles. The molecular formula is C20H14N4O. The van der Waals surface area contributed by atoms with Crippen molar-refractivity contribution in [3.63, 3.8) is 0 Å². The summed E-state index contributed by atoms with van der Waals surface area (Å²) in [5, 5.41) is 11.1. The number of benzene rings is 2. The zero-order valence-corrected chi connectivity index (χ0v) is 13.5. The number of nitrogens with zero attached hydrogens (tertiary/aromatic N) is 2. The normalized spacial score (nSPS) is 11.8. The molecule has 4 aromatic rings. The van der Waals surface area contributed by atoms with E-state index in [9.17, 15) is 10.1 Å². The van der Waals surface area contributed by atoms with Gasteiger partial charge in [0.2, 0.25) is 0 Å². The highest BCUT2D eigenvalue weighted by atomic mass is 16.1. The molecule has 0 spiro atoms. The third kappa shape index (κ3) is 2.50. The molecule has 25 heavy (non-hydrogen) atoms. The van der Waals surface area contributed by atoms with Crippen LogP contribution in [0.1, 0.15) is 17.1 Å². The van der Waals surface area contributed by atoms with E-state index in [0.717, 1.165) is 22.2 Å². The van der Waals surface area contributed by atoms with Gasteiger partial charge < -0.3 is 9.97 Å². The Balaban J connectivity index is 1.94. The molecule has 0 saturated carbocycles. The smallest absolute Gasteiger partial charge is 0.259 e. The van der Waals surface area contributed by atoms with Crippen LogP contribution >= 0.6 is 0 Å². The van der Waals surface area contributed by atoms with E-state index in [1.165, 1.54) is 0 Å². The number of nitriles is 1. The van der Waals surface area contributed by atoms with E-state index in [2.05, 4.69) is 21.0 Å². The summed E-state index contributed by atoms with van der Waals surface area (Å²) in [6.45, 7) is 1.96. The van der Waals surface area contributed by atoms with E-state index in [4.69, 9.17) is 0 Å². The van der Waals surface area contributed by atoms with Crippen LogP contribution in [-0.4, -0.2) is 15.0 Å². The molecule has 0 radical (unpaired) electrons. The number of fused-ring (bicyclic) bond motifs is 2. The largest absolute Gasteiger partial charge is 0.358 e. The number of aromatic nitrogens is 3. The Labute approximate surface area is 143 Å². The summed E-state index contributed by atoms with van der Waals surface area (Å²) in [6.07, 6.45) is 1.77. The summed E-state index contributed by atoms with van der Waals surface area (Å²) in [4.78, 5) is 22.7. The van der Waals surface area contributed by atoms with Crippen LogP contribution in [0.25, 0.3) is 33.5 Å². The van der Waals surface area contributed by atoms with Crippen molar-refractivity contribution in [2.24, 2.45) is 0 Å². The van der Waals surface area contributed by atoms with Gasteiger partial charge in [0.15, 0.2) is 5.82 Å². The SMILES string of the molecule is Cc1[nH]c2ccccc2c1/C=C(\C#N)c1nc2ccccc2c(=O)[nH]1. The maximum Gasteiger partial charge on any atom is 0.259 e. The predicted molar refractivity (Wildman–Crippen MR) is 98.9 cm³/mol. The van der Waals surface area contributed by atoms with Gasteiger partial charge in [-0.15, -0.1) is 0 Å². The molecule has 0 saturated heterocycles. The van der Waals surface area contributed by atoms with Crippen molar-refractivity contribution in [1.29, 1.82) is 5.26 Å². The molecular weight excluding hydrogens is 312 g/mol. The quantitative estimate of drug-likeness (QED) is 0.550. The molecule has 5 heteroatoms. The number of aryl methyl sites for hydroxylation is 1. The number of aromatic amines is 2. The van der Waals surface area contributed by atoms with E-state index in [1.54, 1.807) is 24.3 Å². The fraction of sp³-hybridized carbons (Fsp3) is 0.0500. The number of nitrogens with one attached hydrogen (secondary N) is 2. The number of para-hydroxylation sites is 2. The molecule has 0 aliphatic rings. The van der Waals surface area contributed by atoms with Gasteiger partial charge in [0.05, 0.1) is 16.5 Å². The summed E-state index contributed by atoms with van der Waals surface area (Å²) in [5.74, 6) is 0.274. The molecule has 2 heterocycles. The van der Waals surface area contributed by atoms with Gasteiger partial charge in [0.1, 0.15) is 6.07 Å². The minimum absolute atomic E-state index is 0.252. The fourth-order valence-electron chi connectivity index (χ4n) is 3.00. The van der Waals surface area contributed by atoms with Gasteiger partial charge >= 0.3 is 0 Å². The average Bonchev–Trinajstić information content (AvgIpc) is 2.94. The zero-order valence-electron chi connectivity index (χ0n) is 13.5. The van der Waals surface area contributed by atoms with Crippen molar-refractivity contribution in [3.05, 3.63) is 76.0 Å². The molecule has 2 N–H and O–H groups in total. The number of allylic oxidation sites excluding steroid dienone is 1. The molecule has 0 fully saturated rings. The Morgan fingerprint density at radius 3 is 2.60 bits per heavy atom. The third-order valence-corrected chi connectivity index (χ3v) is 4.22. The second kappa shape index (κ2) is 5.77. The van der Waals surface area contributed by atoms with Crippen LogP contribution in [0.3, 0.4) is 0 Å². The molecule has 2 aromatic heterocycles. The van der Waals surface area contributed by atoms with Crippen LogP contribution in [0.2, 0.25) is 0 Å². The van der Waals surface area contributed by atoms with Crippen molar-refractivity contribution < 1.29 is 0 Å². The van der Waals surface area contributed by atoms with Crippen LogP contribution in [0.4, 0.5) is 0 Å². The summed E-state index contributed by atoms with van der Waals surface area (Å²) in [7, 11) is 0. The monoisotopic (exact) mass is 326 g/mol. The van der Waals surface area contributed by atoms with E-state index >= 15 is 0 Å². The van der Waals surface area contributed by atoms with Crippen molar-refractivity contribution in [2.75, 3.05) is 0 Å². The Kier molecular flexibility index (Phi) is 3.44. The highest BCUT2D eigenvalue weighted by molar-refractivity contribution is 5.98. The Morgan fingerprint density at radius 2 is 1.80 bits per heavy atom. The maximum atomic E-state index is 12.3. The number of rotatable bonds is 2. The van der Waals surface area contributed by atoms with Crippen LogP contribution in [0.5, 0.6) is 0 Å². The van der Waals surface area contributed by atoms with Gasteiger partial charge in [-0.05, 0) is 31.2 Å². The Hall–Kier alpha value is -3.65. The number of hydrogen-bond acceptors (Lipinski definition) is 3. The van der Waals surface area contributed by atoms with E-state index < -0.39 is 0 Å². The number of H-pyrrole nitrogens is 2. The van der Waals surface area contributed by atoms with Gasteiger partial charge in [-0.1, -0.05) is 30.3 Å². The summed E-state index contributed by atoms with van der Waals surface area (Å²) in [6, 6.07) is 17.1. The molecule has 4 rings (SSSR count). The van der Waals surface area contributed by atoms with Gasteiger partial charge in [0, 0.05) is 22.2 Å². The molecule has 120 valence electrons. The lowest BCUT2D eigenvalue weighted by Gasteiger charge is -2.02. The number of hydrogen-bond donors (Lipinski definition) is 2. The van der Waals surface area contributed by atoms with E-state index in [-0.39, 0.29) is 11.4 Å². The topological polar surface area (TPSA) is 85.3 Å². The van der Waals surface area contributed by atoms with Gasteiger partial charge in [-0.25, -0.2) is 4.98 Å². The van der Waals surface area contributed by atoms with Gasteiger partial charge in [-0.2, -0.15) is 5.26 Å². The first-order valence-corrected chi connectivity index (χ1v) is 7.86. The lowest BCUT2D eigenvalue weighted by molar-refractivity contribution is 1.13. The lowest BCUT2D eigenvalue weighted by atomic mass is 10.1. The Morgan fingerprint density at radius 1 is 1.08 bits per heavy atom. The molecule has 5 nitrogen and oxygen atoms in total.